The molecule has 7 nitrogen and oxygen atoms in total. The van der Waals surface area contributed by atoms with E-state index >= 15 is 0 Å². The van der Waals surface area contributed by atoms with Gasteiger partial charge in [0.15, 0.2) is 0 Å². The minimum Gasteiger partial charge on any atom is -0.480 e. The van der Waals surface area contributed by atoms with Crippen LogP contribution in [0.5, 0.6) is 0 Å². The molecule has 0 bridgehead atoms. The number of aliphatic carboxylic acids is 3. The molecule has 0 spiro atoms. The van der Waals surface area contributed by atoms with Gasteiger partial charge < -0.3 is 15.3 Å². The summed E-state index contributed by atoms with van der Waals surface area (Å²) in [5.41, 5.74) is 0. The SMILES string of the molecule is O=C(O)CN(CC(=O)O)CC(=O)O.[K].[K].[K]. The summed E-state index contributed by atoms with van der Waals surface area (Å²) in [6, 6.07) is 0. The molecule has 0 amide bonds. The first kappa shape index (κ1) is 27.6. The first-order valence-electron chi connectivity index (χ1n) is 3.29. The maximum absolute atomic E-state index is 10.1. The van der Waals surface area contributed by atoms with Crippen molar-refractivity contribution in [1.29, 1.82) is 0 Å². The van der Waals surface area contributed by atoms with Crippen LogP contribution < -0.4 is 0 Å². The number of hydrogen-bond donors (Lipinski definition) is 3. The van der Waals surface area contributed by atoms with E-state index in [0.717, 1.165) is 4.90 Å². The summed E-state index contributed by atoms with van der Waals surface area (Å²) in [7, 11) is 0. The molecule has 77 valence electrons. The molecule has 3 radical (unpaired) electrons. The van der Waals surface area contributed by atoms with Gasteiger partial charge in [0.2, 0.25) is 0 Å². The summed E-state index contributed by atoms with van der Waals surface area (Å²) in [5.74, 6) is -3.78. The predicted octanol–water partition coefficient (Wildman–Crippen LogP) is -2.60. The van der Waals surface area contributed by atoms with Gasteiger partial charge in [0, 0.05) is 154 Å². The molecule has 16 heavy (non-hydrogen) atoms. The predicted molar refractivity (Wildman–Crippen MR) is 56.6 cm³/mol. The molecule has 10 heteroatoms. The maximum atomic E-state index is 10.1. The van der Waals surface area contributed by atoms with Crippen molar-refractivity contribution in [2.75, 3.05) is 19.6 Å². The van der Waals surface area contributed by atoms with Crippen molar-refractivity contribution in [3.05, 3.63) is 0 Å². The Bertz CT molecular complexity index is 198. The molecule has 0 rings (SSSR count). The molecule has 0 unspecified atom stereocenters. The number of rotatable bonds is 6. The number of carboxylic acid groups (broad SMARTS) is 3. The van der Waals surface area contributed by atoms with Gasteiger partial charge >= 0.3 is 17.9 Å². The quantitative estimate of drug-likeness (QED) is 0.461. The van der Waals surface area contributed by atoms with Gasteiger partial charge in [-0.05, 0) is 0 Å². The van der Waals surface area contributed by atoms with Crippen molar-refractivity contribution >= 4 is 172 Å². The molecular formula is C6H9K3NO6. The summed E-state index contributed by atoms with van der Waals surface area (Å²) in [6.45, 7) is -1.80. The Hall–Kier alpha value is 3.28. The van der Waals surface area contributed by atoms with E-state index < -0.39 is 37.5 Å². The molecule has 3 N–H and O–H groups in total. The molecule has 0 saturated heterocycles. The van der Waals surface area contributed by atoms with E-state index in [9.17, 15) is 14.4 Å². The fourth-order valence-corrected chi connectivity index (χ4v) is 0.742. The third-order valence-electron chi connectivity index (χ3n) is 1.08. The minimum atomic E-state index is -1.26. The molecule has 0 aromatic heterocycles. The van der Waals surface area contributed by atoms with Crippen LogP contribution in [0.2, 0.25) is 0 Å². The van der Waals surface area contributed by atoms with E-state index in [1.54, 1.807) is 0 Å². The summed E-state index contributed by atoms with van der Waals surface area (Å²) in [6.07, 6.45) is 0. The molecule has 0 fully saturated rings. The largest absolute Gasteiger partial charge is 0.480 e. The molecule has 0 heterocycles. The summed E-state index contributed by atoms with van der Waals surface area (Å²) in [4.78, 5) is 31.2. The topological polar surface area (TPSA) is 115 Å². The molecule has 0 aromatic carbocycles. The third kappa shape index (κ3) is 19.6. The smallest absolute Gasteiger partial charge is 0.317 e. The molecular weight excluding hydrogens is 299 g/mol. The number of nitrogens with zero attached hydrogens (tertiary/aromatic N) is 1. The van der Waals surface area contributed by atoms with E-state index in [-0.39, 0.29) is 154 Å². The Kier molecular flexibility index (Phi) is 28.2. The zero-order chi connectivity index (χ0) is 10.4. The second-order valence-corrected chi connectivity index (χ2v) is 2.33. The Morgan fingerprint density at radius 2 is 0.875 bits per heavy atom. The van der Waals surface area contributed by atoms with Gasteiger partial charge in [0.1, 0.15) is 0 Å². The summed E-state index contributed by atoms with van der Waals surface area (Å²) >= 11 is 0. The van der Waals surface area contributed by atoms with E-state index in [1.165, 1.54) is 0 Å². The zero-order valence-corrected chi connectivity index (χ0v) is 19.0. The minimum absolute atomic E-state index is 0. The monoisotopic (exact) mass is 308 g/mol. The van der Waals surface area contributed by atoms with E-state index in [1.807, 2.05) is 0 Å². The van der Waals surface area contributed by atoms with Crippen LogP contribution in [0.25, 0.3) is 0 Å². The van der Waals surface area contributed by atoms with Gasteiger partial charge in [-0.3, -0.25) is 19.3 Å². The normalized spacial score (nSPS) is 8.06. The van der Waals surface area contributed by atoms with Crippen LogP contribution in [0.4, 0.5) is 0 Å². The Morgan fingerprint density at radius 3 is 1.00 bits per heavy atom. The van der Waals surface area contributed by atoms with Crippen molar-refractivity contribution in [2.45, 2.75) is 0 Å². The fourth-order valence-electron chi connectivity index (χ4n) is 0.742. The van der Waals surface area contributed by atoms with Gasteiger partial charge in [0.05, 0.1) is 19.6 Å². The molecule has 0 atom stereocenters. The number of carbonyl (C=O) groups is 3. The van der Waals surface area contributed by atoms with Gasteiger partial charge in [0.25, 0.3) is 0 Å². The zero-order valence-electron chi connectivity index (χ0n) is 9.63. The van der Waals surface area contributed by atoms with Crippen molar-refractivity contribution < 1.29 is 29.7 Å². The molecule has 0 aliphatic heterocycles. The first-order chi connectivity index (χ1) is 5.91. The van der Waals surface area contributed by atoms with E-state index in [0.29, 0.717) is 0 Å². The van der Waals surface area contributed by atoms with Crippen molar-refractivity contribution in [2.24, 2.45) is 0 Å². The molecule has 0 saturated carbocycles. The first-order valence-corrected chi connectivity index (χ1v) is 3.29. The van der Waals surface area contributed by atoms with Gasteiger partial charge in [-0.2, -0.15) is 0 Å². The van der Waals surface area contributed by atoms with Crippen LogP contribution in [0.1, 0.15) is 0 Å². The molecule has 0 aliphatic carbocycles. The fraction of sp³-hybridized carbons (Fsp3) is 0.500. The van der Waals surface area contributed by atoms with E-state index in [2.05, 4.69) is 0 Å². The molecule has 0 aliphatic rings. The Balaban J connectivity index is -0.000000240. The van der Waals surface area contributed by atoms with Crippen LogP contribution in [-0.2, 0) is 14.4 Å². The second kappa shape index (κ2) is 16.3. The summed E-state index contributed by atoms with van der Waals surface area (Å²) in [5, 5.41) is 24.8. The average molecular weight is 308 g/mol. The van der Waals surface area contributed by atoms with E-state index in [4.69, 9.17) is 15.3 Å². The van der Waals surface area contributed by atoms with Crippen molar-refractivity contribution in [1.82, 2.24) is 4.90 Å². The van der Waals surface area contributed by atoms with Crippen LogP contribution >= 0.6 is 0 Å². The van der Waals surface area contributed by atoms with Gasteiger partial charge in [-0.25, -0.2) is 0 Å². The number of carboxylic acids is 3. The molecule has 0 aromatic rings. The van der Waals surface area contributed by atoms with Gasteiger partial charge in [-0.15, -0.1) is 0 Å². The van der Waals surface area contributed by atoms with Crippen molar-refractivity contribution in [3.63, 3.8) is 0 Å². The Morgan fingerprint density at radius 1 is 0.688 bits per heavy atom. The van der Waals surface area contributed by atoms with Crippen LogP contribution in [0, 0.1) is 0 Å². The van der Waals surface area contributed by atoms with Gasteiger partial charge in [-0.1, -0.05) is 0 Å². The summed E-state index contributed by atoms with van der Waals surface area (Å²) < 4.78 is 0. The maximum Gasteiger partial charge on any atom is 0.317 e. The third-order valence-corrected chi connectivity index (χ3v) is 1.08. The average Bonchev–Trinajstić information content (AvgIpc) is 1.80. The number of hydrogen-bond acceptors (Lipinski definition) is 4. The van der Waals surface area contributed by atoms with Crippen molar-refractivity contribution in [3.8, 4) is 0 Å². The second-order valence-electron chi connectivity index (χ2n) is 2.33. The van der Waals surface area contributed by atoms with Crippen LogP contribution in [-0.4, -0.2) is 212 Å². The Labute approximate surface area is 220 Å². The van der Waals surface area contributed by atoms with Crippen LogP contribution in [0.15, 0.2) is 0 Å². The van der Waals surface area contributed by atoms with Crippen LogP contribution in [0.3, 0.4) is 0 Å². The standard InChI is InChI=1S/C6H9NO6.3K/c8-4(9)1-7(2-5(10)11)3-6(12)13;;;/h1-3H2,(H,8,9)(H,10,11)(H,12,13);;;.